The molecule has 38 heavy (non-hydrogen) atoms. The van der Waals surface area contributed by atoms with E-state index in [0.29, 0.717) is 17.7 Å². The molecular weight excluding hydrogens is 496 g/mol. The summed E-state index contributed by atoms with van der Waals surface area (Å²) in [6, 6.07) is 29.1. The quantitative estimate of drug-likeness (QED) is 0.248. The minimum absolute atomic E-state index is 0.173. The summed E-state index contributed by atoms with van der Waals surface area (Å²) in [5.41, 5.74) is 3.29. The van der Waals surface area contributed by atoms with Gasteiger partial charge in [-0.2, -0.15) is 11.8 Å². The maximum Gasteiger partial charge on any atom is 0.327 e. The summed E-state index contributed by atoms with van der Waals surface area (Å²) in [4.78, 5) is 39.6. The maximum absolute atomic E-state index is 13.5. The van der Waals surface area contributed by atoms with Gasteiger partial charge in [0.15, 0.2) is 0 Å². The van der Waals surface area contributed by atoms with Crippen molar-refractivity contribution >= 4 is 40.4 Å². The van der Waals surface area contributed by atoms with E-state index >= 15 is 0 Å². The van der Waals surface area contributed by atoms with Crippen molar-refractivity contribution in [2.24, 2.45) is 0 Å². The largest absolute Gasteiger partial charge is 0.480 e. The van der Waals surface area contributed by atoms with Crippen molar-refractivity contribution in [3.63, 3.8) is 0 Å². The first-order valence-corrected chi connectivity index (χ1v) is 13.7. The lowest BCUT2D eigenvalue weighted by Gasteiger charge is -2.23. The molecule has 0 saturated carbocycles. The number of imide groups is 1. The Morgan fingerprint density at radius 1 is 0.895 bits per heavy atom. The monoisotopic (exact) mass is 526 g/mol. The summed E-state index contributed by atoms with van der Waals surface area (Å²) in [6.45, 7) is 2.04. The van der Waals surface area contributed by atoms with Gasteiger partial charge in [0.1, 0.15) is 6.04 Å². The van der Waals surface area contributed by atoms with E-state index in [-0.39, 0.29) is 12.3 Å². The smallest absolute Gasteiger partial charge is 0.327 e. The van der Waals surface area contributed by atoms with Crippen molar-refractivity contribution < 1.29 is 19.5 Å². The number of aliphatic carboxylic acids is 1. The second kappa shape index (κ2) is 12.9. The van der Waals surface area contributed by atoms with Gasteiger partial charge in [0.05, 0.1) is 0 Å². The van der Waals surface area contributed by atoms with E-state index < -0.39 is 23.9 Å². The summed E-state index contributed by atoms with van der Waals surface area (Å²) in [5.74, 6) is -0.798. The van der Waals surface area contributed by atoms with Crippen LogP contribution in [0.3, 0.4) is 0 Å². The molecule has 0 heterocycles. The van der Waals surface area contributed by atoms with Crippen LogP contribution in [0.25, 0.3) is 21.9 Å². The lowest BCUT2D eigenvalue weighted by molar-refractivity contribution is -0.138. The molecule has 0 unspecified atom stereocenters. The van der Waals surface area contributed by atoms with Crippen LogP contribution in [0.15, 0.2) is 97.1 Å². The Morgan fingerprint density at radius 2 is 1.61 bits per heavy atom. The number of hydrogen-bond donors (Lipinski definition) is 2. The van der Waals surface area contributed by atoms with Gasteiger partial charge < -0.3 is 10.4 Å². The minimum Gasteiger partial charge on any atom is -0.480 e. The number of thioether (sulfide) groups is 1. The fourth-order valence-corrected chi connectivity index (χ4v) is 5.25. The lowest BCUT2D eigenvalue weighted by Crippen LogP contribution is -2.51. The molecule has 3 amide bonds. The zero-order valence-electron chi connectivity index (χ0n) is 21.2. The summed E-state index contributed by atoms with van der Waals surface area (Å²) < 4.78 is 0. The number of fused-ring (bicyclic) bond motifs is 1. The van der Waals surface area contributed by atoms with Gasteiger partial charge in [0.25, 0.3) is 5.91 Å². The summed E-state index contributed by atoms with van der Waals surface area (Å²) in [7, 11) is 0. The molecule has 4 aromatic carbocycles. The number of hydrogen-bond acceptors (Lipinski definition) is 4. The second-order valence-electron chi connectivity index (χ2n) is 8.91. The average Bonchev–Trinajstić information content (AvgIpc) is 2.95. The predicted molar refractivity (Wildman–Crippen MR) is 153 cm³/mol. The number of carbonyl (C=O) groups is 3. The third kappa shape index (κ3) is 6.61. The van der Waals surface area contributed by atoms with Crippen LogP contribution in [-0.2, 0) is 10.5 Å². The van der Waals surface area contributed by atoms with Gasteiger partial charge in [-0.3, -0.25) is 9.69 Å². The van der Waals surface area contributed by atoms with Crippen LogP contribution in [0.1, 0.15) is 29.3 Å². The maximum atomic E-state index is 13.5. The standard InChI is InChI=1S/C31H30N2O4S/c1-2-18-33(31(37)32-28(30(35)36)21-38-20-22-10-4-3-5-11-22)29(34)25-15-8-14-24(19-25)27-17-9-13-23-12-6-7-16-26(23)27/h3-17,19,28H,2,18,20-21H2,1H3,(H,32,37)(H,35,36)/t28-/m0/s1. The average molecular weight is 527 g/mol. The molecule has 0 fully saturated rings. The molecule has 6 nitrogen and oxygen atoms in total. The first kappa shape index (κ1) is 26.9. The highest BCUT2D eigenvalue weighted by molar-refractivity contribution is 7.98. The van der Waals surface area contributed by atoms with Crippen molar-refractivity contribution in [2.45, 2.75) is 25.1 Å². The van der Waals surface area contributed by atoms with Crippen LogP contribution >= 0.6 is 11.8 Å². The Labute approximate surface area is 226 Å². The SMILES string of the molecule is CCCN(C(=O)N[C@@H](CSCc1ccccc1)C(=O)O)C(=O)c1cccc(-c2cccc3ccccc23)c1. The summed E-state index contributed by atoms with van der Waals surface area (Å²) >= 11 is 1.42. The first-order valence-electron chi connectivity index (χ1n) is 12.5. The number of amides is 3. The molecule has 0 saturated heterocycles. The Morgan fingerprint density at radius 3 is 2.37 bits per heavy atom. The van der Waals surface area contributed by atoms with Gasteiger partial charge >= 0.3 is 12.0 Å². The van der Waals surface area contributed by atoms with Gasteiger partial charge in [0, 0.05) is 23.6 Å². The van der Waals surface area contributed by atoms with Crippen LogP contribution in [0.4, 0.5) is 4.79 Å². The zero-order chi connectivity index (χ0) is 26.9. The highest BCUT2D eigenvalue weighted by atomic mass is 32.2. The van der Waals surface area contributed by atoms with Crippen molar-refractivity contribution in [2.75, 3.05) is 12.3 Å². The molecule has 1 atom stereocenters. The summed E-state index contributed by atoms with van der Waals surface area (Å²) in [5, 5.41) is 14.4. The molecule has 194 valence electrons. The van der Waals surface area contributed by atoms with Crippen LogP contribution in [-0.4, -0.2) is 46.3 Å². The topological polar surface area (TPSA) is 86.7 Å². The van der Waals surface area contributed by atoms with Gasteiger partial charge in [-0.05, 0) is 46.0 Å². The van der Waals surface area contributed by atoms with Gasteiger partial charge in [0.2, 0.25) is 0 Å². The Bertz CT molecular complexity index is 1420. The number of rotatable bonds is 10. The number of carboxylic acids is 1. The Hall–Kier alpha value is -4.10. The third-order valence-electron chi connectivity index (χ3n) is 6.14. The van der Waals surface area contributed by atoms with E-state index in [0.717, 1.165) is 32.4 Å². The number of carboxylic acid groups (broad SMARTS) is 1. The van der Waals surface area contributed by atoms with Crippen LogP contribution in [0.5, 0.6) is 0 Å². The molecule has 0 aliphatic rings. The number of carbonyl (C=O) groups excluding carboxylic acids is 2. The Kier molecular flexibility index (Phi) is 9.16. The fraction of sp³-hybridized carbons (Fsp3) is 0.194. The Balaban J connectivity index is 1.50. The van der Waals surface area contributed by atoms with Gasteiger partial charge in [-0.25, -0.2) is 9.59 Å². The van der Waals surface area contributed by atoms with E-state index in [1.54, 1.807) is 18.2 Å². The van der Waals surface area contributed by atoms with E-state index in [2.05, 4.69) is 5.32 Å². The molecule has 0 aliphatic heterocycles. The van der Waals surface area contributed by atoms with Gasteiger partial charge in [-0.15, -0.1) is 0 Å². The predicted octanol–water partition coefficient (Wildman–Crippen LogP) is 6.46. The second-order valence-corrected chi connectivity index (χ2v) is 9.94. The molecule has 4 rings (SSSR count). The normalized spacial score (nSPS) is 11.6. The number of nitrogens with zero attached hydrogens (tertiary/aromatic N) is 1. The summed E-state index contributed by atoms with van der Waals surface area (Å²) in [6.07, 6.45) is 0.544. The van der Waals surface area contributed by atoms with Crippen molar-refractivity contribution in [3.05, 3.63) is 108 Å². The zero-order valence-corrected chi connectivity index (χ0v) is 22.0. The molecule has 0 spiro atoms. The molecule has 4 aromatic rings. The van der Waals surface area contributed by atoms with E-state index in [9.17, 15) is 19.5 Å². The van der Waals surface area contributed by atoms with E-state index in [1.165, 1.54) is 11.8 Å². The molecular formula is C31H30N2O4S. The van der Waals surface area contributed by atoms with E-state index in [1.807, 2.05) is 85.8 Å². The van der Waals surface area contributed by atoms with Crippen molar-refractivity contribution in [3.8, 4) is 11.1 Å². The van der Waals surface area contributed by atoms with Crippen molar-refractivity contribution in [1.29, 1.82) is 0 Å². The lowest BCUT2D eigenvalue weighted by atomic mass is 9.97. The molecule has 7 heteroatoms. The molecule has 0 bridgehead atoms. The first-order chi connectivity index (χ1) is 18.5. The number of benzene rings is 4. The highest BCUT2D eigenvalue weighted by Gasteiger charge is 2.27. The molecule has 2 N–H and O–H groups in total. The van der Waals surface area contributed by atoms with Crippen LogP contribution in [0, 0.1) is 0 Å². The van der Waals surface area contributed by atoms with Crippen LogP contribution < -0.4 is 5.32 Å². The minimum atomic E-state index is -1.14. The highest BCUT2D eigenvalue weighted by Crippen LogP contribution is 2.29. The fourth-order valence-electron chi connectivity index (χ4n) is 4.24. The third-order valence-corrected chi connectivity index (χ3v) is 7.25. The molecule has 0 aromatic heterocycles. The van der Waals surface area contributed by atoms with Gasteiger partial charge in [-0.1, -0.05) is 91.9 Å². The number of urea groups is 1. The van der Waals surface area contributed by atoms with Crippen molar-refractivity contribution in [1.82, 2.24) is 10.2 Å². The molecule has 0 aliphatic carbocycles. The molecule has 0 radical (unpaired) electrons. The number of nitrogens with one attached hydrogen (secondary N) is 1. The van der Waals surface area contributed by atoms with Crippen LogP contribution in [0.2, 0.25) is 0 Å². The van der Waals surface area contributed by atoms with E-state index in [4.69, 9.17) is 0 Å².